The van der Waals surface area contributed by atoms with Gasteiger partial charge in [0.1, 0.15) is 5.82 Å². The molecular formula is C19H22FN3O. The third-order valence-corrected chi connectivity index (χ3v) is 4.59. The quantitative estimate of drug-likeness (QED) is 0.918. The van der Waals surface area contributed by atoms with E-state index in [-0.39, 0.29) is 29.8 Å². The van der Waals surface area contributed by atoms with Crippen LogP contribution < -0.4 is 5.32 Å². The van der Waals surface area contributed by atoms with Gasteiger partial charge in [0.2, 0.25) is 5.91 Å². The Morgan fingerprint density at radius 1 is 1.33 bits per heavy atom. The van der Waals surface area contributed by atoms with Gasteiger partial charge in [-0.15, -0.1) is 0 Å². The number of amides is 1. The van der Waals surface area contributed by atoms with E-state index in [2.05, 4.69) is 10.3 Å². The van der Waals surface area contributed by atoms with Crippen LogP contribution in [0.1, 0.15) is 30.5 Å². The summed E-state index contributed by atoms with van der Waals surface area (Å²) in [6.45, 7) is 2.02. The summed E-state index contributed by atoms with van der Waals surface area (Å²) >= 11 is 0. The van der Waals surface area contributed by atoms with Crippen molar-refractivity contribution in [1.29, 1.82) is 0 Å². The number of hydrogen-bond acceptors (Lipinski definition) is 3. The van der Waals surface area contributed by atoms with Gasteiger partial charge in [0.25, 0.3) is 0 Å². The van der Waals surface area contributed by atoms with Crippen LogP contribution in [0, 0.1) is 5.82 Å². The first-order chi connectivity index (χ1) is 11.6. The SMILES string of the molecule is C[C@@H](Cc1ccccc1F)N[C@@H]1CC(=O)N(C)[C@H]1c1cccnc1. The number of likely N-dealkylation sites (tertiary alicyclic amines) is 1. The van der Waals surface area contributed by atoms with E-state index in [0.717, 1.165) is 5.56 Å². The number of carbonyl (C=O) groups is 1. The normalized spacial score (nSPS) is 22.0. The Morgan fingerprint density at radius 3 is 2.83 bits per heavy atom. The highest BCUT2D eigenvalue weighted by molar-refractivity contribution is 5.80. The number of rotatable bonds is 5. The molecule has 3 rings (SSSR count). The molecule has 24 heavy (non-hydrogen) atoms. The minimum Gasteiger partial charge on any atom is -0.337 e. The second-order valence-corrected chi connectivity index (χ2v) is 6.41. The molecule has 3 atom stereocenters. The second-order valence-electron chi connectivity index (χ2n) is 6.41. The van der Waals surface area contributed by atoms with E-state index in [1.54, 1.807) is 29.4 Å². The molecule has 0 bridgehead atoms. The van der Waals surface area contributed by atoms with Gasteiger partial charge in [-0.05, 0) is 36.6 Å². The first kappa shape index (κ1) is 16.6. The molecule has 2 heterocycles. The van der Waals surface area contributed by atoms with Gasteiger partial charge in [-0.3, -0.25) is 9.78 Å². The van der Waals surface area contributed by atoms with Crippen LogP contribution in [-0.2, 0) is 11.2 Å². The second kappa shape index (κ2) is 7.09. The van der Waals surface area contributed by atoms with Crippen molar-refractivity contribution in [2.75, 3.05) is 7.05 Å². The molecule has 0 saturated carbocycles. The topological polar surface area (TPSA) is 45.2 Å². The zero-order chi connectivity index (χ0) is 17.1. The fourth-order valence-electron chi connectivity index (χ4n) is 3.44. The van der Waals surface area contributed by atoms with Crippen molar-refractivity contribution in [2.45, 2.75) is 37.9 Å². The van der Waals surface area contributed by atoms with Gasteiger partial charge in [0, 0.05) is 37.9 Å². The summed E-state index contributed by atoms with van der Waals surface area (Å²) in [7, 11) is 1.82. The van der Waals surface area contributed by atoms with Gasteiger partial charge in [-0.1, -0.05) is 24.3 Å². The lowest BCUT2D eigenvalue weighted by atomic mass is 9.99. The molecule has 1 fully saturated rings. The minimum absolute atomic E-state index is 0.00604. The van der Waals surface area contributed by atoms with Crippen LogP contribution in [0.25, 0.3) is 0 Å². The van der Waals surface area contributed by atoms with Crippen LogP contribution in [-0.4, -0.2) is 34.9 Å². The van der Waals surface area contributed by atoms with Crippen LogP contribution in [0.3, 0.4) is 0 Å². The highest BCUT2D eigenvalue weighted by atomic mass is 19.1. The smallest absolute Gasteiger partial charge is 0.224 e. The van der Waals surface area contributed by atoms with Crippen molar-refractivity contribution in [3.63, 3.8) is 0 Å². The average molecular weight is 327 g/mol. The lowest BCUT2D eigenvalue weighted by Crippen LogP contribution is -2.41. The maximum Gasteiger partial charge on any atom is 0.224 e. The molecule has 1 aromatic carbocycles. The maximum absolute atomic E-state index is 13.8. The molecule has 1 saturated heterocycles. The van der Waals surface area contributed by atoms with E-state index in [4.69, 9.17) is 0 Å². The molecule has 0 radical (unpaired) electrons. The lowest BCUT2D eigenvalue weighted by molar-refractivity contribution is -0.127. The van der Waals surface area contributed by atoms with E-state index >= 15 is 0 Å². The zero-order valence-corrected chi connectivity index (χ0v) is 13.9. The van der Waals surface area contributed by atoms with Crippen molar-refractivity contribution in [1.82, 2.24) is 15.2 Å². The zero-order valence-electron chi connectivity index (χ0n) is 13.9. The molecule has 1 aromatic heterocycles. The summed E-state index contributed by atoms with van der Waals surface area (Å²) in [5, 5.41) is 3.51. The van der Waals surface area contributed by atoms with Crippen LogP contribution >= 0.6 is 0 Å². The summed E-state index contributed by atoms with van der Waals surface area (Å²) in [6, 6.07) is 10.7. The summed E-state index contributed by atoms with van der Waals surface area (Å²) in [5.41, 5.74) is 1.70. The van der Waals surface area contributed by atoms with Gasteiger partial charge in [-0.2, -0.15) is 0 Å². The Bertz CT molecular complexity index is 707. The number of nitrogens with one attached hydrogen (secondary N) is 1. The lowest BCUT2D eigenvalue weighted by Gasteiger charge is -2.28. The van der Waals surface area contributed by atoms with E-state index in [1.165, 1.54) is 6.07 Å². The van der Waals surface area contributed by atoms with Crippen LogP contribution in [0.4, 0.5) is 4.39 Å². The van der Waals surface area contributed by atoms with Gasteiger partial charge in [-0.25, -0.2) is 4.39 Å². The van der Waals surface area contributed by atoms with Gasteiger partial charge < -0.3 is 10.2 Å². The molecule has 0 spiro atoms. The highest BCUT2D eigenvalue weighted by Crippen LogP contribution is 2.31. The van der Waals surface area contributed by atoms with E-state index in [0.29, 0.717) is 18.4 Å². The van der Waals surface area contributed by atoms with Gasteiger partial charge >= 0.3 is 0 Å². The summed E-state index contributed by atoms with van der Waals surface area (Å²) in [6.07, 6.45) is 4.55. The molecule has 1 aliphatic rings. The van der Waals surface area contributed by atoms with E-state index in [9.17, 15) is 9.18 Å². The molecule has 2 aromatic rings. The third-order valence-electron chi connectivity index (χ3n) is 4.59. The minimum atomic E-state index is -0.186. The average Bonchev–Trinajstić information content (AvgIpc) is 2.84. The molecule has 1 aliphatic heterocycles. The molecule has 4 nitrogen and oxygen atoms in total. The van der Waals surface area contributed by atoms with Crippen molar-refractivity contribution in [3.05, 3.63) is 65.7 Å². The maximum atomic E-state index is 13.8. The van der Waals surface area contributed by atoms with Crippen LogP contribution in [0.15, 0.2) is 48.8 Å². The number of pyridine rings is 1. The van der Waals surface area contributed by atoms with Gasteiger partial charge in [0.15, 0.2) is 0 Å². The fourth-order valence-corrected chi connectivity index (χ4v) is 3.44. The number of aromatic nitrogens is 1. The van der Waals surface area contributed by atoms with Crippen molar-refractivity contribution in [3.8, 4) is 0 Å². The van der Waals surface area contributed by atoms with E-state index < -0.39 is 0 Å². The highest BCUT2D eigenvalue weighted by Gasteiger charge is 2.39. The molecule has 1 N–H and O–H groups in total. The molecule has 5 heteroatoms. The standard InChI is InChI=1S/C19H22FN3O/c1-13(10-14-6-3-4-8-16(14)20)22-17-11-18(24)23(2)19(17)15-7-5-9-21-12-15/h3-9,12-13,17,19,22H,10-11H2,1-2H3/t13-,17+,19-/m0/s1. The number of carbonyl (C=O) groups excluding carboxylic acids is 1. The Kier molecular flexibility index (Phi) is 4.90. The number of hydrogen-bond donors (Lipinski definition) is 1. The molecule has 126 valence electrons. The van der Waals surface area contributed by atoms with E-state index in [1.807, 2.05) is 32.2 Å². The summed E-state index contributed by atoms with van der Waals surface area (Å²) in [4.78, 5) is 18.1. The molecular weight excluding hydrogens is 305 g/mol. The third kappa shape index (κ3) is 3.46. The van der Waals surface area contributed by atoms with Crippen molar-refractivity contribution < 1.29 is 9.18 Å². The molecule has 1 amide bonds. The predicted octanol–water partition coefficient (Wildman–Crippen LogP) is 2.71. The van der Waals surface area contributed by atoms with Crippen molar-refractivity contribution >= 4 is 5.91 Å². The number of nitrogens with zero attached hydrogens (tertiary/aromatic N) is 2. The van der Waals surface area contributed by atoms with Crippen molar-refractivity contribution in [2.24, 2.45) is 0 Å². The number of halogens is 1. The number of benzene rings is 1. The summed E-state index contributed by atoms with van der Waals surface area (Å²) in [5.74, 6) is -0.0750. The Hall–Kier alpha value is -2.27. The molecule has 0 aliphatic carbocycles. The first-order valence-corrected chi connectivity index (χ1v) is 8.21. The number of likely N-dealkylation sites (N-methyl/N-ethyl adjacent to an activating group) is 1. The predicted molar refractivity (Wildman–Crippen MR) is 90.9 cm³/mol. The fraction of sp³-hybridized carbons (Fsp3) is 0.368. The Balaban J connectivity index is 1.73. The first-order valence-electron chi connectivity index (χ1n) is 8.21. The summed E-state index contributed by atoms with van der Waals surface area (Å²) < 4.78 is 13.8. The largest absolute Gasteiger partial charge is 0.337 e. The Morgan fingerprint density at radius 2 is 2.12 bits per heavy atom. The van der Waals surface area contributed by atoms with Crippen LogP contribution in [0.5, 0.6) is 0 Å². The monoisotopic (exact) mass is 327 g/mol. The van der Waals surface area contributed by atoms with Crippen LogP contribution in [0.2, 0.25) is 0 Å². The van der Waals surface area contributed by atoms with Gasteiger partial charge in [0.05, 0.1) is 6.04 Å². The Labute approximate surface area is 141 Å². The molecule has 0 unspecified atom stereocenters.